The first-order chi connectivity index (χ1) is 12.5. The molecule has 0 unspecified atom stereocenters. The Morgan fingerprint density at radius 2 is 1.73 bits per heavy atom. The van der Waals surface area contributed by atoms with Crippen LogP contribution in [0, 0.1) is 6.92 Å². The number of aryl methyl sites for hydroxylation is 1. The van der Waals surface area contributed by atoms with Crippen LogP contribution in [0.3, 0.4) is 0 Å². The summed E-state index contributed by atoms with van der Waals surface area (Å²) in [5.74, 6) is 0. The number of hydrogen-bond donors (Lipinski definition) is 2. The number of urea groups is 1. The Kier molecular flexibility index (Phi) is 6.01. The summed E-state index contributed by atoms with van der Waals surface area (Å²) in [4.78, 5) is 17.1. The summed E-state index contributed by atoms with van der Waals surface area (Å²) in [6, 6.07) is 13.0. The number of rotatable bonds is 4. The van der Waals surface area contributed by atoms with Crippen molar-refractivity contribution in [1.82, 2.24) is 4.90 Å². The molecule has 0 spiro atoms. The fourth-order valence-electron chi connectivity index (χ4n) is 3.12. The highest BCUT2D eigenvalue weighted by Gasteiger charge is 2.16. The van der Waals surface area contributed by atoms with Crippen molar-refractivity contribution in [2.24, 2.45) is 0 Å². The van der Waals surface area contributed by atoms with Crippen molar-refractivity contribution in [3.8, 4) is 0 Å². The van der Waals surface area contributed by atoms with Crippen LogP contribution < -0.4 is 15.5 Å². The molecule has 6 heteroatoms. The molecule has 138 valence electrons. The third kappa shape index (κ3) is 4.68. The lowest BCUT2D eigenvalue weighted by atomic mass is 10.1. The van der Waals surface area contributed by atoms with E-state index in [0.717, 1.165) is 44.0 Å². The molecule has 2 amide bonds. The van der Waals surface area contributed by atoms with Crippen LogP contribution in [0.2, 0.25) is 5.02 Å². The van der Waals surface area contributed by atoms with E-state index in [2.05, 4.69) is 39.5 Å². The molecular formula is C20H25ClN4O. The van der Waals surface area contributed by atoms with Crippen LogP contribution in [0.25, 0.3) is 0 Å². The number of nitrogens with zero attached hydrogens (tertiary/aromatic N) is 2. The molecule has 26 heavy (non-hydrogen) atoms. The van der Waals surface area contributed by atoms with Crippen LogP contribution in [0.4, 0.5) is 21.9 Å². The Morgan fingerprint density at radius 3 is 2.35 bits per heavy atom. The maximum absolute atomic E-state index is 12.2. The van der Waals surface area contributed by atoms with Crippen molar-refractivity contribution in [3.63, 3.8) is 0 Å². The standard InChI is InChI=1S/C20H25ClN4O/c1-3-24-10-12-25(13-11-24)18-8-9-19(15(2)14-18)23-20(26)22-17-6-4-16(21)5-7-17/h4-9,14H,3,10-13H2,1-2H3,(H2,22,23,26). The van der Waals surface area contributed by atoms with Gasteiger partial charge in [0.25, 0.3) is 0 Å². The number of carbonyl (C=O) groups excluding carboxylic acids is 1. The van der Waals surface area contributed by atoms with Crippen LogP contribution in [-0.2, 0) is 0 Å². The molecule has 1 aliphatic rings. The summed E-state index contributed by atoms with van der Waals surface area (Å²) in [5.41, 5.74) is 3.77. The molecule has 1 fully saturated rings. The van der Waals surface area contributed by atoms with Gasteiger partial charge < -0.3 is 20.4 Å². The van der Waals surface area contributed by atoms with E-state index in [4.69, 9.17) is 11.6 Å². The number of halogens is 1. The second-order valence-electron chi connectivity index (χ2n) is 6.51. The van der Waals surface area contributed by atoms with E-state index in [1.54, 1.807) is 24.3 Å². The van der Waals surface area contributed by atoms with Gasteiger partial charge >= 0.3 is 6.03 Å². The minimum Gasteiger partial charge on any atom is -0.369 e. The molecular weight excluding hydrogens is 348 g/mol. The van der Waals surface area contributed by atoms with Crippen molar-refractivity contribution in [2.75, 3.05) is 48.3 Å². The quantitative estimate of drug-likeness (QED) is 0.834. The summed E-state index contributed by atoms with van der Waals surface area (Å²) < 4.78 is 0. The number of amides is 2. The van der Waals surface area contributed by atoms with Gasteiger partial charge in [0.15, 0.2) is 0 Å². The molecule has 0 bridgehead atoms. The highest BCUT2D eigenvalue weighted by atomic mass is 35.5. The molecule has 3 rings (SSSR count). The lowest BCUT2D eigenvalue weighted by Crippen LogP contribution is -2.46. The zero-order valence-corrected chi connectivity index (χ0v) is 16.0. The van der Waals surface area contributed by atoms with E-state index in [9.17, 15) is 4.79 Å². The molecule has 1 aliphatic heterocycles. The minimum absolute atomic E-state index is 0.264. The van der Waals surface area contributed by atoms with Gasteiger partial charge in [-0.15, -0.1) is 0 Å². The van der Waals surface area contributed by atoms with Gasteiger partial charge in [-0.2, -0.15) is 0 Å². The lowest BCUT2D eigenvalue weighted by molar-refractivity contribution is 0.262. The molecule has 0 aliphatic carbocycles. The lowest BCUT2D eigenvalue weighted by Gasteiger charge is -2.35. The Labute approximate surface area is 159 Å². The molecule has 0 saturated carbocycles. The predicted octanol–water partition coefficient (Wildman–Crippen LogP) is 4.43. The van der Waals surface area contributed by atoms with Gasteiger partial charge in [-0.3, -0.25) is 0 Å². The average molecular weight is 373 g/mol. The van der Waals surface area contributed by atoms with Crippen LogP contribution >= 0.6 is 11.6 Å². The smallest absolute Gasteiger partial charge is 0.323 e. The molecule has 0 atom stereocenters. The maximum atomic E-state index is 12.2. The van der Waals surface area contributed by atoms with E-state index in [0.29, 0.717) is 10.7 Å². The Morgan fingerprint density at radius 1 is 1.04 bits per heavy atom. The average Bonchev–Trinajstić information content (AvgIpc) is 2.65. The van der Waals surface area contributed by atoms with Crippen molar-refractivity contribution >= 4 is 34.7 Å². The highest BCUT2D eigenvalue weighted by Crippen LogP contribution is 2.24. The van der Waals surface area contributed by atoms with Crippen molar-refractivity contribution in [1.29, 1.82) is 0 Å². The first-order valence-electron chi connectivity index (χ1n) is 8.96. The summed E-state index contributed by atoms with van der Waals surface area (Å²) in [6.07, 6.45) is 0. The number of benzene rings is 2. The zero-order valence-electron chi connectivity index (χ0n) is 15.3. The molecule has 0 aromatic heterocycles. The highest BCUT2D eigenvalue weighted by molar-refractivity contribution is 6.30. The monoisotopic (exact) mass is 372 g/mol. The number of hydrogen-bond acceptors (Lipinski definition) is 3. The summed E-state index contributed by atoms with van der Waals surface area (Å²) in [5, 5.41) is 6.36. The summed E-state index contributed by atoms with van der Waals surface area (Å²) in [7, 11) is 0. The molecule has 1 heterocycles. The SMILES string of the molecule is CCN1CCN(c2ccc(NC(=O)Nc3ccc(Cl)cc3)c(C)c2)CC1. The van der Waals surface area contributed by atoms with Gasteiger partial charge in [-0.1, -0.05) is 18.5 Å². The number of piperazine rings is 1. The van der Waals surface area contributed by atoms with E-state index in [1.165, 1.54) is 5.69 Å². The Hall–Kier alpha value is -2.24. The topological polar surface area (TPSA) is 47.6 Å². The zero-order chi connectivity index (χ0) is 18.5. The van der Waals surface area contributed by atoms with Gasteiger partial charge in [-0.05, 0) is 61.5 Å². The number of carbonyl (C=O) groups is 1. The van der Waals surface area contributed by atoms with E-state index >= 15 is 0 Å². The largest absolute Gasteiger partial charge is 0.369 e. The third-order valence-corrected chi connectivity index (χ3v) is 5.00. The molecule has 0 radical (unpaired) electrons. The van der Waals surface area contributed by atoms with Crippen molar-refractivity contribution in [2.45, 2.75) is 13.8 Å². The van der Waals surface area contributed by atoms with Crippen LogP contribution in [-0.4, -0.2) is 43.7 Å². The fourth-order valence-corrected chi connectivity index (χ4v) is 3.25. The first-order valence-corrected chi connectivity index (χ1v) is 9.34. The first kappa shape index (κ1) is 18.5. The molecule has 2 N–H and O–H groups in total. The third-order valence-electron chi connectivity index (χ3n) is 4.74. The van der Waals surface area contributed by atoms with Crippen LogP contribution in [0.15, 0.2) is 42.5 Å². The van der Waals surface area contributed by atoms with Crippen molar-refractivity contribution in [3.05, 3.63) is 53.1 Å². The van der Waals surface area contributed by atoms with Gasteiger partial charge in [-0.25, -0.2) is 4.79 Å². The number of anilines is 3. The van der Waals surface area contributed by atoms with E-state index < -0.39 is 0 Å². The van der Waals surface area contributed by atoms with Gasteiger partial charge in [0, 0.05) is 48.3 Å². The number of nitrogens with one attached hydrogen (secondary N) is 2. The fraction of sp³-hybridized carbons (Fsp3) is 0.350. The molecule has 1 saturated heterocycles. The minimum atomic E-state index is -0.264. The second-order valence-corrected chi connectivity index (χ2v) is 6.94. The van der Waals surface area contributed by atoms with Gasteiger partial charge in [0.1, 0.15) is 0 Å². The van der Waals surface area contributed by atoms with E-state index in [1.807, 2.05) is 13.0 Å². The maximum Gasteiger partial charge on any atom is 0.323 e. The summed E-state index contributed by atoms with van der Waals surface area (Å²) in [6.45, 7) is 9.60. The van der Waals surface area contributed by atoms with Crippen LogP contribution in [0.5, 0.6) is 0 Å². The molecule has 2 aromatic carbocycles. The Bertz CT molecular complexity index is 755. The van der Waals surface area contributed by atoms with Crippen molar-refractivity contribution < 1.29 is 4.79 Å². The molecule has 2 aromatic rings. The molecule has 5 nitrogen and oxygen atoms in total. The van der Waals surface area contributed by atoms with Crippen LogP contribution in [0.1, 0.15) is 12.5 Å². The predicted molar refractivity (Wildman–Crippen MR) is 110 cm³/mol. The van der Waals surface area contributed by atoms with Gasteiger partial charge in [0.05, 0.1) is 0 Å². The van der Waals surface area contributed by atoms with Gasteiger partial charge in [0.2, 0.25) is 0 Å². The number of likely N-dealkylation sites (N-methyl/N-ethyl adjacent to an activating group) is 1. The second kappa shape index (κ2) is 8.43. The summed E-state index contributed by atoms with van der Waals surface area (Å²) >= 11 is 5.86. The Balaban J connectivity index is 1.60. The van der Waals surface area contributed by atoms with E-state index in [-0.39, 0.29) is 6.03 Å². The normalized spacial score (nSPS) is 15.0.